The van der Waals surface area contributed by atoms with Crippen LogP contribution in [0.5, 0.6) is 0 Å². The van der Waals surface area contributed by atoms with Crippen LogP contribution in [0.4, 0.5) is 32.3 Å². The number of hydrogen-bond acceptors (Lipinski definition) is 6. The van der Waals surface area contributed by atoms with Crippen molar-refractivity contribution in [3.8, 4) is 23.0 Å². The van der Waals surface area contributed by atoms with Gasteiger partial charge in [0.15, 0.2) is 11.4 Å². The van der Waals surface area contributed by atoms with Gasteiger partial charge < -0.3 is 5.73 Å². The fourth-order valence-corrected chi connectivity index (χ4v) is 7.08. The maximum Gasteiger partial charge on any atom is 0.293 e. The number of halogens is 6. The van der Waals surface area contributed by atoms with Crippen molar-refractivity contribution in [3.63, 3.8) is 0 Å². The van der Waals surface area contributed by atoms with Crippen LogP contribution in [-0.4, -0.2) is 35.1 Å². The van der Waals surface area contributed by atoms with Crippen molar-refractivity contribution in [2.45, 2.75) is 77.7 Å². The van der Waals surface area contributed by atoms with Crippen LogP contribution in [0.25, 0.3) is 16.8 Å². The Balaban J connectivity index is 1.35. The average molecular weight is 706 g/mol. The smallest absolute Gasteiger partial charge is 0.293 e. The minimum atomic E-state index is -3.41. The summed E-state index contributed by atoms with van der Waals surface area (Å²) in [6.45, 7) is 6.87. The van der Waals surface area contributed by atoms with Crippen molar-refractivity contribution in [1.82, 2.24) is 29.4 Å². The topological polar surface area (TPSA) is 104 Å². The number of carbonyl (C=O) groups is 1. The van der Waals surface area contributed by atoms with Crippen LogP contribution in [0, 0.1) is 41.7 Å². The number of benzene rings is 1. The van der Waals surface area contributed by atoms with Crippen LogP contribution < -0.4 is 5.73 Å². The summed E-state index contributed by atoms with van der Waals surface area (Å²) in [5, 5.41) is 12.1. The normalized spacial score (nSPS) is 18.0. The van der Waals surface area contributed by atoms with Crippen LogP contribution in [0.15, 0.2) is 42.5 Å². The highest BCUT2D eigenvalue weighted by molar-refractivity contribution is 5.83. The monoisotopic (exact) mass is 705 g/mol. The van der Waals surface area contributed by atoms with E-state index in [2.05, 4.69) is 27.1 Å². The van der Waals surface area contributed by atoms with Crippen molar-refractivity contribution in [1.29, 1.82) is 0 Å². The highest BCUT2D eigenvalue weighted by Gasteiger charge is 2.67. The number of carbonyl (C=O) groups excluding carboxylic acids is 1. The van der Waals surface area contributed by atoms with E-state index in [4.69, 9.17) is 10.7 Å². The van der Waals surface area contributed by atoms with E-state index in [9.17, 15) is 22.4 Å². The second-order valence-corrected chi connectivity index (χ2v) is 14.3. The van der Waals surface area contributed by atoms with Gasteiger partial charge in [-0.05, 0) is 94.3 Å². The first kappa shape index (κ1) is 34.3. The number of Topliss-reactive ketones (excluding diaryl/α,β-unsaturated/α-hetero) is 1. The number of alkyl halides is 4. The largest absolute Gasteiger partial charge is 0.368 e. The molecule has 4 aromatic heterocycles. The predicted octanol–water partition coefficient (Wildman–Crippen LogP) is 7.69. The van der Waals surface area contributed by atoms with E-state index in [-0.39, 0.29) is 41.8 Å². The number of hydrogen-bond donors (Lipinski definition) is 1. The molecule has 0 amide bonds. The fourth-order valence-electron chi connectivity index (χ4n) is 7.08. The minimum Gasteiger partial charge on any atom is -0.368 e. The molecule has 2 aliphatic rings. The number of aryl methyl sites for hydroxylation is 1. The van der Waals surface area contributed by atoms with Gasteiger partial charge in [0.05, 0.1) is 5.69 Å². The van der Waals surface area contributed by atoms with Gasteiger partial charge >= 0.3 is 0 Å². The standard InChI is InChI=1S/C37H33F6N7O/c1-18-5-7-26(34-46-47-35(44)50(18)34)25-8-6-23(9-10-36(2,3)4)45-30(25)20(11-19-12-21(38)15-22(39)13-19)14-24(51)17-49-32-29(31(48-49)33(40)41)27-16-28(27)37(32,42)43/h5-8,12-13,15,20,27-28,33H,11,14,16-17H2,1-4H3,(H2,44,47)/t20-,27+,28-/m1/s1. The van der Waals surface area contributed by atoms with Crippen molar-refractivity contribution >= 4 is 17.4 Å². The molecule has 1 fully saturated rings. The highest BCUT2D eigenvalue weighted by atomic mass is 19.3. The van der Waals surface area contributed by atoms with Crippen LogP contribution in [0.3, 0.4) is 0 Å². The van der Waals surface area contributed by atoms with Crippen molar-refractivity contribution in [2.24, 2.45) is 11.3 Å². The van der Waals surface area contributed by atoms with Gasteiger partial charge in [0.25, 0.3) is 12.3 Å². The third-order valence-electron chi connectivity index (χ3n) is 9.31. The van der Waals surface area contributed by atoms with E-state index in [0.717, 1.165) is 23.9 Å². The molecule has 0 saturated heterocycles. The molecule has 14 heteroatoms. The highest BCUT2D eigenvalue weighted by Crippen LogP contribution is 2.68. The molecule has 1 saturated carbocycles. The van der Waals surface area contributed by atoms with Gasteiger partial charge in [0.2, 0.25) is 5.95 Å². The number of rotatable bonds is 9. The van der Waals surface area contributed by atoms with Crippen LogP contribution >= 0.6 is 0 Å². The SMILES string of the molecule is Cc1ccc(-c2ccc(C#CC(C)(C)C)nc2[C@@H](CC(=O)Cn2nc(C(F)F)c3c2C(F)(F)[C@@H]2C[C@H]32)Cc2cc(F)cc(F)c2)c2nnc(N)n12. The molecular formula is C37H33F6N7O. The van der Waals surface area contributed by atoms with Crippen LogP contribution in [0.2, 0.25) is 0 Å². The second-order valence-electron chi connectivity index (χ2n) is 14.3. The molecule has 0 spiro atoms. The molecule has 2 N–H and O–H groups in total. The summed E-state index contributed by atoms with van der Waals surface area (Å²) in [5.74, 6) is -2.11. The lowest BCUT2D eigenvalue weighted by atomic mass is 9.86. The van der Waals surface area contributed by atoms with E-state index in [0.29, 0.717) is 32.8 Å². The van der Waals surface area contributed by atoms with Gasteiger partial charge in [-0.25, -0.2) is 22.5 Å². The lowest BCUT2D eigenvalue weighted by molar-refractivity contribution is -0.120. The van der Waals surface area contributed by atoms with E-state index in [1.165, 1.54) is 0 Å². The van der Waals surface area contributed by atoms with Gasteiger partial charge in [0, 0.05) is 52.1 Å². The molecule has 0 bridgehead atoms. The van der Waals surface area contributed by atoms with Crippen molar-refractivity contribution in [2.75, 3.05) is 5.73 Å². The summed E-state index contributed by atoms with van der Waals surface area (Å²) < 4.78 is 89.8. The zero-order chi connectivity index (χ0) is 36.6. The third-order valence-corrected chi connectivity index (χ3v) is 9.31. The average Bonchev–Trinajstić information content (AvgIpc) is 3.53. The van der Waals surface area contributed by atoms with E-state index in [1.807, 2.05) is 27.7 Å². The Labute approximate surface area is 289 Å². The number of anilines is 1. The summed E-state index contributed by atoms with van der Waals surface area (Å²) in [6, 6.07) is 10.0. The summed E-state index contributed by atoms with van der Waals surface area (Å²) in [5.41, 5.74) is 7.19. The Morgan fingerprint density at radius 1 is 1.04 bits per heavy atom. The number of aromatic nitrogens is 6. The summed E-state index contributed by atoms with van der Waals surface area (Å²) in [7, 11) is 0. The Bertz CT molecular complexity index is 2260. The fraction of sp³-hybridized carbons (Fsp3) is 0.378. The van der Waals surface area contributed by atoms with Crippen LogP contribution in [-0.2, 0) is 23.7 Å². The molecule has 7 rings (SSSR count). The van der Waals surface area contributed by atoms with Gasteiger partial charge in [0.1, 0.15) is 35.3 Å². The quantitative estimate of drug-likeness (QED) is 0.125. The number of fused-ring (bicyclic) bond motifs is 4. The molecule has 2 aliphatic carbocycles. The van der Waals surface area contributed by atoms with Gasteiger partial charge in [-0.1, -0.05) is 5.92 Å². The summed E-state index contributed by atoms with van der Waals surface area (Å²) in [6.07, 6.45) is -3.49. The molecule has 51 heavy (non-hydrogen) atoms. The molecule has 3 atom stereocenters. The van der Waals surface area contributed by atoms with Gasteiger partial charge in [-0.15, -0.1) is 10.2 Å². The number of nitrogens with zero attached hydrogens (tertiary/aromatic N) is 6. The van der Waals surface area contributed by atoms with Crippen LogP contribution in [0.1, 0.15) is 91.5 Å². The summed E-state index contributed by atoms with van der Waals surface area (Å²) >= 11 is 0. The maximum absolute atomic E-state index is 15.3. The zero-order valence-electron chi connectivity index (χ0n) is 28.1. The molecule has 0 aliphatic heterocycles. The molecule has 5 aromatic rings. The minimum absolute atomic E-state index is 0.0818. The Morgan fingerprint density at radius 3 is 2.43 bits per heavy atom. The molecule has 264 valence electrons. The number of nitrogen functional groups attached to an aromatic ring is 1. The second kappa shape index (κ2) is 12.2. The first-order chi connectivity index (χ1) is 24.0. The zero-order valence-corrected chi connectivity index (χ0v) is 28.1. The molecule has 0 unspecified atom stereocenters. The molecule has 1 aromatic carbocycles. The Hall–Kier alpha value is -5.19. The van der Waals surface area contributed by atoms with E-state index >= 15 is 8.78 Å². The lowest BCUT2D eigenvalue weighted by Gasteiger charge is -2.21. The Kier molecular flexibility index (Phi) is 8.23. The third kappa shape index (κ3) is 6.34. The molecular weight excluding hydrogens is 672 g/mol. The van der Waals surface area contributed by atoms with E-state index in [1.54, 1.807) is 28.7 Å². The lowest BCUT2D eigenvalue weighted by Crippen LogP contribution is -2.24. The van der Waals surface area contributed by atoms with Gasteiger partial charge in [-0.3, -0.25) is 13.9 Å². The van der Waals surface area contributed by atoms with Crippen molar-refractivity contribution < 1.29 is 31.1 Å². The first-order valence-corrected chi connectivity index (χ1v) is 16.4. The summed E-state index contributed by atoms with van der Waals surface area (Å²) in [4.78, 5) is 18.8. The molecule has 4 heterocycles. The van der Waals surface area contributed by atoms with Crippen molar-refractivity contribution in [3.05, 3.63) is 93.7 Å². The van der Waals surface area contributed by atoms with Gasteiger partial charge in [-0.2, -0.15) is 13.9 Å². The number of ketones is 1. The molecule has 8 nitrogen and oxygen atoms in total. The Morgan fingerprint density at radius 2 is 1.75 bits per heavy atom. The van der Waals surface area contributed by atoms with E-state index < -0.39 is 65.5 Å². The molecule has 0 radical (unpaired) electrons. The first-order valence-electron chi connectivity index (χ1n) is 16.4. The number of nitrogens with two attached hydrogens (primary N) is 1. The predicted molar refractivity (Wildman–Crippen MR) is 176 cm³/mol. The number of pyridine rings is 2. The maximum atomic E-state index is 15.3.